The van der Waals surface area contributed by atoms with E-state index in [1.54, 1.807) is 6.92 Å². The first-order valence-electron chi connectivity index (χ1n) is 8.94. The predicted octanol–water partition coefficient (Wildman–Crippen LogP) is -1.39. The molecule has 0 radical (unpaired) electrons. The Morgan fingerprint density at radius 2 is 1.96 bits per heavy atom. The minimum Gasteiger partial charge on any atom is -0.471 e. The van der Waals surface area contributed by atoms with Crippen LogP contribution in [0, 0.1) is 11.8 Å². The van der Waals surface area contributed by atoms with Crippen LogP contribution in [-0.2, 0) is 28.5 Å². The number of aldehydes is 1. The third kappa shape index (κ3) is 4.59. The van der Waals surface area contributed by atoms with Gasteiger partial charge in [0.05, 0.1) is 25.0 Å². The zero-order valence-electron chi connectivity index (χ0n) is 15.4. The second kappa shape index (κ2) is 10.1. The second-order valence-corrected chi connectivity index (χ2v) is 6.45. The average molecular weight is 402 g/mol. The summed E-state index contributed by atoms with van der Waals surface area (Å²) in [6.45, 7) is 4.87. The maximum absolute atomic E-state index is 12.1. The summed E-state index contributed by atoms with van der Waals surface area (Å²) in [4.78, 5) is 23.3. The van der Waals surface area contributed by atoms with Crippen molar-refractivity contribution in [2.75, 3.05) is 13.2 Å². The van der Waals surface area contributed by atoms with Crippen LogP contribution in [-0.4, -0.2) is 82.9 Å². The lowest BCUT2D eigenvalue weighted by Gasteiger charge is -2.42. The fourth-order valence-electron chi connectivity index (χ4n) is 3.23. The van der Waals surface area contributed by atoms with Crippen LogP contribution in [0.15, 0.2) is 24.5 Å². The average Bonchev–Trinajstić information content (AvgIpc) is 2.69. The Kier molecular flexibility index (Phi) is 8.10. The Balaban J connectivity index is 2.21. The number of esters is 1. The molecule has 0 saturated carbocycles. The number of rotatable bonds is 8. The number of carbonyl (C=O) groups is 2. The molecule has 10 nitrogen and oxygen atoms in total. The summed E-state index contributed by atoms with van der Waals surface area (Å²) < 4.78 is 21.3. The van der Waals surface area contributed by atoms with E-state index in [2.05, 4.69) is 6.58 Å². The van der Waals surface area contributed by atoms with Gasteiger partial charge in [-0.3, -0.25) is 0 Å². The SMILES string of the molecule is C=C[C@H]1[C@H](O[C@@H]2O[C@H](CO)[C@@H](O)[C@H](O)[C@H]2O)OC=C(C(=O)OCC)[C@H]1CC=O. The highest BCUT2D eigenvalue weighted by Gasteiger charge is 2.47. The zero-order valence-corrected chi connectivity index (χ0v) is 15.4. The standard InChI is InChI=1S/C18H26O10/c1-3-9-10(5-6-19)11(16(24)25-4-2)8-26-17(9)28-18-15(23)14(22)13(21)12(7-20)27-18/h3,6,8-10,12-15,17-18,20-23H,1,4-5,7H2,2H3/t9-,10+,12-,13-,14+,15-,17+,18+/m1/s1. The lowest BCUT2D eigenvalue weighted by atomic mass is 9.82. The quantitative estimate of drug-likeness (QED) is 0.217. The topological polar surface area (TPSA) is 152 Å². The number of hydrogen-bond donors (Lipinski definition) is 4. The predicted molar refractivity (Wildman–Crippen MR) is 92.3 cm³/mol. The van der Waals surface area contributed by atoms with Gasteiger partial charge in [0, 0.05) is 18.3 Å². The lowest BCUT2D eigenvalue weighted by molar-refractivity contribution is -0.339. The molecule has 2 heterocycles. The van der Waals surface area contributed by atoms with Crippen molar-refractivity contribution < 1.29 is 49.0 Å². The van der Waals surface area contributed by atoms with Gasteiger partial charge in [-0.1, -0.05) is 6.08 Å². The fraction of sp³-hybridized carbons (Fsp3) is 0.667. The van der Waals surface area contributed by atoms with E-state index < -0.39 is 61.4 Å². The molecule has 1 saturated heterocycles. The molecule has 8 atom stereocenters. The molecular weight excluding hydrogens is 376 g/mol. The van der Waals surface area contributed by atoms with E-state index in [0.29, 0.717) is 6.29 Å². The van der Waals surface area contributed by atoms with E-state index >= 15 is 0 Å². The minimum atomic E-state index is -1.62. The molecule has 0 aliphatic carbocycles. The van der Waals surface area contributed by atoms with Gasteiger partial charge in [-0.15, -0.1) is 6.58 Å². The van der Waals surface area contributed by atoms with Gasteiger partial charge in [0.25, 0.3) is 0 Å². The van der Waals surface area contributed by atoms with Crippen LogP contribution in [0.25, 0.3) is 0 Å². The molecule has 4 N–H and O–H groups in total. The molecule has 28 heavy (non-hydrogen) atoms. The molecule has 10 heteroatoms. The third-order valence-electron chi connectivity index (χ3n) is 4.76. The van der Waals surface area contributed by atoms with Crippen LogP contribution in [0.4, 0.5) is 0 Å². The minimum absolute atomic E-state index is 0.0285. The first-order valence-corrected chi connectivity index (χ1v) is 8.94. The highest BCUT2D eigenvalue weighted by atomic mass is 16.8. The number of carbonyl (C=O) groups excluding carboxylic acids is 2. The van der Waals surface area contributed by atoms with Crippen molar-refractivity contribution in [3.8, 4) is 0 Å². The Labute approximate surface area is 162 Å². The van der Waals surface area contributed by atoms with Crippen LogP contribution in [0.3, 0.4) is 0 Å². The summed E-state index contributed by atoms with van der Waals surface area (Å²) in [5.74, 6) is -1.95. The number of aliphatic hydroxyl groups excluding tert-OH is 4. The van der Waals surface area contributed by atoms with Crippen LogP contribution in [0.1, 0.15) is 13.3 Å². The number of ether oxygens (including phenoxy) is 4. The molecule has 0 aromatic heterocycles. The Morgan fingerprint density at radius 3 is 2.54 bits per heavy atom. The monoisotopic (exact) mass is 402 g/mol. The highest BCUT2D eigenvalue weighted by Crippen LogP contribution is 2.36. The molecule has 0 aromatic rings. The Morgan fingerprint density at radius 1 is 1.25 bits per heavy atom. The van der Waals surface area contributed by atoms with Crippen molar-refractivity contribution in [1.29, 1.82) is 0 Å². The summed E-state index contributed by atoms with van der Waals surface area (Å²) >= 11 is 0. The first kappa shape index (κ1) is 22.5. The molecule has 0 amide bonds. The Bertz CT molecular complexity index is 589. The van der Waals surface area contributed by atoms with E-state index in [4.69, 9.17) is 18.9 Å². The zero-order chi connectivity index (χ0) is 20.8. The van der Waals surface area contributed by atoms with Gasteiger partial charge in [-0.05, 0) is 6.92 Å². The summed E-state index contributed by atoms with van der Waals surface area (Å²) in [7, 11) is 0. The maximum Gasteiger partial charge on any atom is 0.337 e. The third-order valence-corrected chi connectivity index (χ3v) is 4.76. The summed E-state index contributed by atoms with van der Waals surface area (Å²) in [6, 6.07) is 0. The van der Waals surface area contributed by atoms with Crippen molar-refractivity contribution >= 4 is 12.3 Å². The van der Waals surface area contributed by atoms with Gasteiger partial charge in [0.1, 0.15) is 30.7 Å². The highest BCUT2D eigenvalue weighted by molar-refractivity contribution is 5.89. The second-order valence-electron chi connectivity index (χ2n) is 6.45. The van der Waals surface area contributed by atoms with Gasteiger partial charge in [0.15, 0.2) is 6.29 Å². The van der Waals surface area contributed by atoms with Gasteiger partial charge in [-0.2, -0.15) is 0 Å². The molecule has 0 spiro atoms. The summed E-state index contributed by atoms with van der Waals surface area (Å²) in [6.07, 6.45) is -5.27. The van der Waals surface area contributed by atoms with Crippen LogP contribution in [0.2, 0.25) is 0 Å². The molecule has 1 fully saturated rings. The van der Waals surface area contributed by atoms with E-state index in [9.17, 15) is 30.0 Å². The molecular formula is C18H26O10. The molecule has 2 aliphatic heterocycles. The normalized spacial score (nSPS) is 38.1. The largest absolute Gasteiger partial charge is 0.471 e. The van der Waals surface area contributed by atoms with Crippen molar-refractivity contribution in [3.05, 3.63) is 24.5 Å². The molecule has 0 unspecified atom stereocenters. The van der Waals surface area contributed by atoms with Gasteiger partial charge >= 0.3 is 5.97 Å². The first-order chi connectivity index (χ1) is 13.4. The fourth-order valence-corrected chi connectivity index (χ4v) is 3.23. The maximum atomic E-state index is 12.1. The van der Waals surface area contributed by atoms with Crippen LogP contribution >= 0.6 is 0 Å². The molecule has 2 rings (SSSR count). The van der Waals surface area contributed by atoms with Crippen LogP contribution in [0.5, 0.6) is 0 Å². The lowest BCUT2D eigenvalue weighted by Crippen LogP contribution is -2.60. The smallest absolute Gasteiger partial charge is 0.337 e. The van der Waals surface area contributed by atoms with Crippen LogP contribution < -0.4 is 0 Å². The molecule has 0 aromatic carbocycles. The number of aliphatic hydroxyl groups is 4. The molecule has 0 bridgehead atoms. The van der Waals surface area contributed by atoms with Crippen molar-refractivity contribution in [2.45, 2.75) is 50.3 Å². The van der Waals surface area contributed by atoms with Gasteiger partial charge < -0.3 is 44.2 Å². The Hall–Kier alpha value is -1.82. The molecule has 158 valence electrons. The number of hydrogen-bond acceptors (Lipinski definition) is 10. The van der Waals surface area contributed by atoms with E-state index in [-0.39, 0.29) is 18.6 Å². The van der Waals surface area contributed by atoms with Gasteiger partial charge in [0.2, 0.25) is 6.29 Å². The van der Waals surface area contributed by atoms with E-state index in [0.717, 1.165) is 6.26 Å². The van der Waals surface area contributed by atoms with Gasteiger partial charge in [-0.25, -0.2) is 4.79 Å². The van der Waals surface area contributed by atoms with Crippen molar-refractivity contribution in [1.82, 2.24) is 0 Å². The van der Waals surface area contributed by atoms with Crippen molar-refractivity contribution in [3.63, 3.8) is 0 Å². The van der Waals surface area contributed by atoms with E-state index in [1.807, 2.05) is 0 Å². The molecule has 2 aliphatic rings. The summed E-state index contributed by atoms with van der Waals surface area (Å²) in [5.41, 5.74) is 0.146. The van der Waals surface area contributed by atoms with Crippen molar-refractivity contribution in [2.24, 2.45) is 11.8 Å². The summed E-state index contributed by atoms with van der Waals surface area (Å²) in [5, 5.41) is 39.1. The van der Waals surface area contributed by atoms with E-state index in [1.165, 1.54) is 6.08 Å².